The third-order valence-electron chi connectivity index (χ3n) is 5.27. The smallest absolute Gasteiger partial charge is 0.337 e. The van der Waals surface area contributed by atoms with Gasteiger partial charge in [-0.3, -0.25) is 9.78 Å². The molecule has 1 amide bonds. The molecule has 2 N–H and O–H groups in total. The lowest BCUT2D eigenvalue weighted by Crippen LogP contribution is -2.37. The first-order valence-electron chi connectivity index (χ1n) is 10.6. The van der Waals surface area contributed by atoms with Gasteiger partial charge >= 0.3 is 5.97 Å². The molecule has 0 bridgehead atoms. The van der Waals surface area contributed by atoms with E-state index in [1.165, 1.54) is 7.11 Å². The summed E-state index contributed by atoms with van der Waals surface area (Å²) in [5.41, 5.74) is 1.90. The van der Waals surface area contributed by atoms with E-state index < -0.39 is 18.2 Å². The molecule has 0 unspecified atom stereocenters. The number of anilines is 1. The van der Waals surface area contributed by atoms with E-state index in [4.69, 9.17) is 14.2 Å². The molecule has 0 aliphatic carbocycles. The summed E-state index contributed by atoms with van der Waals surface area (Å²) in [6, 6.07) is 10.5. The molecule has 1 aromatic carbocycles. The molecule has 0 radical (unpaired) electrons. The zero-order valence-electron chi connectivity index (χ0n) is 18.2. The highest BCUT2D eigenvalue weighted by Crippen LogP contribution is 2.39. The van der Waals surface area contributed by atoms with Crippen molar-refractivity contribution in [3.63, 3.8) is 0 Å². The van der Waals surface area contributed by atoms with Crippen molar-refractivity contribution in [2.24, 2.45) is 5.92 Å². The van der Waals surface area contributed by atoms with Crippen LogP contribution in [0, 0.1) is 5.92 Å². The van der Waals surface area contributed by atoms with Crippen LogP contribution in [0.5, 0.6) is 0 Å². The Kier molecular flexibility index (Phi) is 8.35. The molecule has 0 saturated carbocycles. The van der Waals surface area contributed by atoms with E-state index in [9.17, 15) is 14.7 Å². The van der Waals surface area contributed by atoms with E-state index in [1.54, 1.807) is 42.7 Å². The average molecular weight is 440 g/mol. The van der Waals surface area contributed by atoms with Crippen molar-refractivity contribution in [1.82, 2.24) is 4.98 Å². The molecular formula is C24H28N2O6. The van der Waals surface area contributed by atoms with Crippen LogP contribution in [0.25, 0.3) is 0 Å². The van der Waals surface area contributed by atoms with Gasteiger partial charge in [0.25, 0.3) is 5.91 Å². The average Bonchev–Trinajstić information content (AvgIpc) is 2.83. The maximum Gasteiger partial charge on any atom is 0.337 e. The summed E-state index contributed by atoms with van der Waals surface area (Å²) in [7, 11) is 1.34. The quantitative estimate of drug-likeness (QED) is 0.577. The number of rotatable bonds is 9. The van der Waals surface area contributed by atoms with Crippen LogP contribution < -0.4 is 5.32 Å². The van der Waals surface area contributed by atoms with Crippen LogP contribution in [0.15, 0.2) is 60.6 Å². The summed E-state index contributed by atoms with van der Waals surface area (Å²) >= 11 is 0. The van der Waals surface area contributed by atoms with Crippen LogP contribution in [0.3, 0.4) is 0 Å². The number of carbonyl (C=O) groups excluding carboxylic acids is 2. The Morgan fingerprint density at radius 1 is 1.22 bits per heavy atom. The second-order valence-electron chi connectivity index (χ2n) is 7.34. The van der Waals surface area contributed by atoms with Crippen molar-refractivity contribution in [2.75, 3.05) is 25.6 Å². The molecular weight excluding hydrogens is 412 g/mol. The summed E-state index contributed by atoms with van der Waals surface area (Å²) < 4.78 is 16.6. The number of amides is 1. The molecule has 0 fully saturated rings. The highest BCUT2D eigenvalue weighted by Gasteiger charge is 2.37. The Labute approximate surface area is 187 Å². The molecule has 32 heavy (non-hydrogen) atoms. The van der Waals surface area contributed by atoms with Crippen molar-refractivity contribution < 1.29 is 28.9 Å². The van der Waals surface area contributed by atoms with Crippen LogP contribution >= 0.6 is 0 Å². The Morgan fingerprint density at radius 2 is 2.00 bits per heavy atom. The number of allylic oxidation sites excluding steroid dienone is 1. The van der Waals surface area contributed by atoms with Gasteiger partial charge in [0.1, 0.15) is 0 Å². The van der Waals surface area contributed by atoms with Crippen molar-refractivity contribution >= 4 is 17.6 Å². The maximum atomic E-state index is 12.9. The molecule has 3 atom stereocenters. The lowest BCUT2D eigenvalue weighted by Gasteiger charge is -2.37. The molecule has 3 rings (SSSR count). The van der Waals surface area contributed by atoms with Gasteiger partial charge in [-0.1, -0.05) is 12.1 Å². The summed E-state index contributed by atoms with van der Waals surface area (Å²) in [6.45, 7) is 2.31. The fraction of sp³-hybridized carbons (Fsp3) is 0.375. The predicted molar refractivity (Wildman–Crippen MR) is 118 cm³/mol. The first-order chi connectivity index (χ1) is 15.6. The van der Waals surface area contributed by atoms with Crippen molar-refractivity contribution in [3.05, 3.63) is 71.8 Å². The van der Waals surface area contributed by atoms with E-state index >= 15 is 0 Å². The minimum absolute atomic E-state index is 0.0431. The van der Waals surface area contributed by atoms with Gasteiger partial charge in [0.05, 0.1) is 24.6 Å². The van der Waals surface area contributed by atoms with Crippen molar-refractivity contribution in [1.29, 1.82) is 0 Å². The first kappa shape index (κ1) is 23.4. The lowest BCUT2D eigenvalue weighted by atomic mass is 9.80. The van der Waals surface area contributed by atoms with Gasteiger partial charge in [-0.15, -0.1) is 0 Å². The third kappa shape index (κ3) is 5.72. The number of aromatic nitrogens is 1. The zero-order chi connectivity index (χ0) is 22.9. The normalized spacial score (nSPS) is 20.1. The standard InChI is InChI=1S/C24H28N2O6/c1-3-31-24-19(7-5-13-27)20(16-8-10-17(11-9-16)23(29)30-2)14-21(32-24)22(28)26-18-6-4-12-25-15-18/h4,6,8-12,14-15,19-20,24,27H,3,5,7,13H2,1-2H3,(H,26,28)/t19-,20+,24+/m1/s1. The Morgan fingerprint density at radius 3 is 2.62 bits per heavy atom. The van der Waals surface area contributed by atoms with E-state index in [0.717, 1.165) is 5.56 Å². The molecule has 2 heterocycles. The molecule has 170 valence electrons. The van der Waals surface area contributed by atoms with Crippen LogP contribution in [0.4, 0.5) is 5.69 Å². The van der Waals surface area contributed by atoms with Crippen LogP contribution in [-0.4, -0.2) is 48.6 Å². The number of methoxy groups -OCH3 is 1. The molecule has 2 aromatic rings. The summed E-state index contributed by atoms with van der Waals surface area (Å²) in [4.78, 5) is 28.7. The van der Waals surface area contributed by atoms with E-state index in [-0.39, 0.29) is 24.2 Å². The first-order valence-corrected chi connectivity index (χ1v) is 10.6. The Bertz CT molecular complexity index is 929. The number of esters is 1. The summed E-state index contributed by atoms with van der Waals surface area (Å²) in [5, 5.41) is 12.2. The largest absolute Gasteiger partial charge is 0.465 e. The lowest BCUT2D eigenvalue weighted by molar-refractivity contribution is -0.165. The van der Waals surface area contributed by atoms with Gasteiger partial charge in [-0.05, 0) is 55.7 Å². The van der Waals surface area contributed by atoms with Crippen molar-refractivity contribution in [2.45, 2.75) is 32.0 Å². The van der Waals surface area contributed by atoms with E-state index in [2.05, 4.69) is 10.3 Å². The number of carbonyl (C=O) groups is 2. The number of pyridine rings is 1. The Hall–Kier alpha value is -3.23. The minimum Gasteiger partial charge on any atom is -0.465 e. The Balaban J connectivity index is 1.94. The molecule has 1 aromatic heterocycles. The topological polar surface area (TPSA) is 107 Å². The van der Waals surface area contributed by atoms with Gasteiger partial charge in [0.15, 0.2) is 5.76 Å². The number of benzene rings is 1. The van der Waals surface area contributed by atoms with E-state index in [1.807, 2.05) is 19.1 Å². The summed E-state index contributed by atoms with van der Waals surface area (Å²) in [6.07, 6.45) is 5.50. The van der Waals surface area contributed by atoms with Crippen LogP contribution in [0.1, 0.15) is 41.6 Å². The van der Waals surface area contributed by atoms with Gasteiger partial charge in [-0.2, -0.15) is 0 Å². The monoisotopic (exact) mass is 440 g/mol. The third-order valence-corrected chi connectivity index (χ3v) is 5.27. The fourth-order valence-corrected chi connectivity index (χ4v) is 3.73. The maximum absolute atomic E-state index is 12.9. The second kappa shape index (κ2) is 11.4. The van der Waals surface area contributed by atoms with Crippen molar-refractivity contribution in [3.8, 4) is 0 Å². The minimum atomic E-state index is -0.656. The van der Waals surface area contributed by atoms with Gasteiger partial charge < -0.3 is 24.6 Å². The number of hydrogen-bond acceptors (Lipinski definition) is 7. The molecule has 0 saturated heterocycles. The number of nitrogens with zero attached hydrogens (tertiary/aromatic N) is 1. The molecule has 8 nitrogen and oxygen atoms in total. The van der Waals surface area contributed by atoms with Crippen LogP contribution in [-0.2, 0) is 19.0 Å². The fourth-order valence-electron chi connectivity index (χ4n) is 3.73. The highest BCUT2D eigenvalue weighted by molar-refractivity contribution is 6.02. The molecule has 8 heteroatoms. The number of aliphatic hydroxyl groups excluding tert-OH is 1. The van der Waals surface area contributed by atoms with Gasteiger partial charge in [0.2, 0.25) is 6.29 Å². The zero-order valence-corrected chi connectivity index (χ0v) is 18.2. The number of nitrogens with one attached hydrogen (secondary N) is 1. The predicted octanol–water partition coefficient (Wildman–Crippen LogP) is 3.26. The highest BCUT2D eigenvalue weighted by atomic mass is 16.7. The molecule has 1 aliphatic rings. The number of aliphatic hydroxyl groups is 1. The van der Waals surface area contributed by atoms with Crippen LogP contribution in [0.2, 0.25) is 0 Å². The number of ether oxygens (including phenoxy) is 3. The summed E-state index contributed by atoms with van der Waals surface area (Å²) in [5.74, 6) is -1.01. The second-order valence-corrected chi connectivity index (χ2v) is 7.34. The van der Waals surface area contributed by atoms with Gasteiger partial charge in [0, 0.05) is 31.2 Å². The number of hydrogen-bond donors (Lipinski definition) is 2. The van der Waals surface area contributed by atoms with Gasteiger partial charge in [-0.25, -0.2) is 4.79 Å². The molecule has 0 spiro atoms. The SMILES string of the molecule is CCO[C@H]1OC(C(=O)Nc2cccnc2)=C[C@@H](c2ccc(C(=O)OC)cc2)[C@H]1CCCO. The molecule has 1 aliphatic heterocycles. The van der Waals surface area contributed by atoms with E-state index in [0.29, 0.717) is 30.7 Å².